The van der Waals surface area contributed by atoms with Crippen LogP contribution in [0, 0.1) is 0 Å². The SMILES string of the molecule is C=CCN(CCc1ccccc1)C(=O)CCNC.Cl. The third-order valence-corrected chi connectivity index (χ3v) is 2.80. The maximum atomic E-state index is 12.0. The van der Waals surface area contributed by atoms with E-state index < -0.39 is 0 Å². The number of benzene rings is 1. The maximum absolute atomic E-state index is 12.0. The molecular formula is C15H23ClN2O. The molecule has 1 amide bonds. The maximum Gasteiger partial charge on any atom is 0.224 e. The van der Waals surface area contributed by atoms with Crippen molar-refractivity contribution in [1.82, 2.24) is 10.2 Å². The first kappa shape index (κ1) is 17.7. The van der Waals surface area contributed by atoms with Crippen molar-refractivity contribution in [2.24, 2.45) is 0 Å². The van der Waals surface area contributed by atoms with Gasteiger partial charge in [-0.05, 0) is 19.0 Å². The lowest BCUT2D eigenvalue weighted by molar-refractivity contribution is -0.130. The standard InChI is InChI=1S/C15H22N2O.ClH/c1-3-12-17(15(18)9-11-16-2)13-10-14-7-5-4-6-8-14;/h3-8,16H,1,9-13H2,2H3;1H. The molecule has 0 aliphatic rings. The number of nitrogens with one attached hydrogen (secondary N) is 1. The summed E-state index contributed by atoms with van der Waals surface area (Å²) in [6.45, 7) is 5.80. The van der Waals surface area contributed by atoms with Gasteiger partial charge in [-0.3, -0.25) is 4.79 Å². The molecule has 1 aromatic rings. The van der Waals surface area contributed by atoms with Gasteiger partial charge < -0.3 is 10.2 Å². The summed E-state index contributed by atoms with van der Waals surface area (Å²) in [7, 11) is 1.86. The fourth-order valence-electron chi connectivity index (χ4n) is 1.77. The Morgan fingerprint density at radius 2 is 2.05 bits per heavy atom. The minimum absolute atomic E-state index is 0. The zero-order chi connectivity index (χ0) is 13.2. The minimum Gasteiger partial charge on any atom is -0.339 e. The smallest absolute Gasteiger partial charge is 0.224 e. The molecule has 0 aliphatic heterocycles. The molecule has 0 bridgehead atoms. The van der Waals surface area contributed by atoms with Crippen LogP contribution >= 0.6 is 12.4 Å². The number of rotatable bonds is 8. The van der Waals surface area contributed by atoms with Crippen LogP contribution in [0.3, 0.4) is 0 Å². The Balaban J connectivity index is 0.00000324. The van der Waals surface area contributed by atoms with Gasteiger partial charge in [0.05, 0.1) is 0 Å². The van der Waals surface area contributed by atoms with Crippen LogP contribution in [0.15, 0.2) is 43.0 Å². The van der Waals surface area contributed by atoms with Crippen molar-refractivity contribution >= 4 is 18.3 Å². The van der Waals surface area contributed by atoms with Gasteiger partial charge in [0.25, 0.3) is 0 Å². The third-order valence-electron chi connectivity index (χ3n) is 2.80. The van der Waals surface area contributed by atoms with Crippen molar-refractivity contribution in [2.45, 2.75) is 12.8 Å². The molecule has 0 heterocycles. The molecule has 0 saturated carbocycles. The number of carbonyl (C=O) groups excluding carboxylic acids is 1. The Kier molecular flexibility index (Phi) is 9.85. The molecule has 0 fully saturated rings. The highest BCUT2D eigenvalue weighted by Crippen LogP contribution is 2.03. The van der Waals surface area contributed by atoms with E-state index in [1.807, 2.05) is 30.1 Å². The largest absolute Gasteiger partial charge is 0.339 e. The fourth-order valence-corrected chi connectivity index (χ4v) is 1.77. The summed E-state index contributed by atoms with van der Waals surface area (Å²) < 4.78 is 0. The highest BCUT2D eigenvalue weighted by molar-refractivity contribution is 5.85. The van der Waals surface area contributed by atoms with Crippen molar-refractivity contribution in [3.05, 3.63) is 48.6 Å². The molecule has 1 N–H and O–H groups in total. The van der Waals surface area contributed by atoms with E-state index in [9.17, 15) is 4.79 Å². The van der Waals surface area contributed by atoms with E-state index >= 15 is 0 Å². The first-order valence-corrected chi connectivity index (χ1v) is 6.35. The zero-order valence-electron chi connectivity index (χ0n) is 11.5. The Hall–Kier alpha value is -1.32. The van der Waals surface area contributed by atoms with E-state index in [1.165, 1.54) is 5.56 Å². The number of nitrogens with zero attached hydrogens (tertiary/aromatic N) is 1. The Labute approximate surface area is 122 Å². The van der Waals surface area contributed by atoms with Gasteiger partial charge in [0.15, 0.2) is 0 Å². The van der Waals surface area contributed by atoms with Crippen LogP contribution in [-0.2, 0) is 11.2 Å². The van der Waals surface area contributed by atoms with E-state index in [-0.39, 0.29) is 18.3 Å². The third kappa shape index (κ3) is 6.99. The second-order valence-corrected chi connectivity index (χ2v) is 4.22. The second-order valence-electron chi connectivity index (χ2n) is 4.22. The monoisotopic (exact) mass is 282 g/mol. The predicted molar refractivity (Wildman–Crippen MR) is 82.7 cm³/mol. The lowest BCUT2D eigenvalue weighted by atomic mass is 10.1. The van der Waals surface area contributed by atoms with Gasteiger partial charge in [-0.15, -0.1) is 19.0 Å². The topological polar surface area (TPSA) is 32.3 Å². The summed E-state index contributed by atoms with van der Waals surface area (Å²) >= 11 is 0. The van der Waals surface area contributed by atoms with Crippen molar-refractivity contribution in [2.75, 3.05) is 26.7 Å². The fraction of sp³-hybridized carbons (Fsp3) is 0.400. The van der Waals surface area contributed by atoms with Crippen LogP contribution in [0.2, 0.25) is 0 Å². The first-order chi connectivity index (χ1) is 8.77. The molecule has 4 heteroatoms. The molecule has 1 rings (SSSR count). The van der Waals surface area contributed by atoms with Crippen molar-refractivity contribution < 1.29 is 4.79 Å². The molecular weight excluding hydrogens is 260 g/mol. The van der Waals surface area contributed by atoms with Crippen LogP contribution in [0.1, 0.15) is 12.0 Å². The molecule has 1 aromatic carbocycles. The normalized spacial score (nSPS) is 9.53. The quantitative estimate of drug-likeness (QED) is 0.742. The van der Waals surface area contributed by atoms with Crippen LogP contribution in [0.5, 0.6) is 0 Å². The summed E-state index contributed by atoms with van der Waals surface area (Å²) in [5.74, 6) is 0.181. The average molecular weight is 283 g/mol. The molecule has 0 atom stereocenters. The van der Waals surface area contributed by atoms with Gasteiger partial charge in [0, 0.05) is 26.1 Å². The predicted octanol–water partition coefficient (Wildman–Crippen LogP) is 2.28. The zero-order valence-corrected chi connectivity index (χ0v) is 12.3. The summed E-state index contributed by atoms with van der Waals surface area (Å²) in [5.41, 5.74) is 1.26. The summed E-state index contributed by atoms with van der Waals surface area (Å²) in [6, 6.07) is 10.2. The number of hydrogen-bond acceptors (Lipinski definition) is 2. The van der Waals surface area contributed by atoms with Gasteiger partial charge in [-0.25, -0.2) is 0 Å². The van der Waals surface area contributed by atoms with Crippen molar-refractivity contribution in [3.63, 3.8) is 0 Å². The van der Waals surface area contributed by atoms with Crippen molar-refractivity contribution in [3.8, 4) is 0 Å². The molecule has 0 aromatic heterocycles. The summed E-state index contributed by atoms with van der Waals surface area (Å²) in [6.07, 6.45) is 3.21. The number of halogens is 1. The van der Waals surface area contributed by atoms with Crippen molar-refractivity contribution in [1.29, 1.82) is 0 Å². The first-order valence-electron chi connectivity index (χ1n) is 6.35. The summed E-state index contributed by atoms with van der Waals surface area (Å²) in [5, 5.41) is 3.00. The van der Waals surface area contributed by atoms with E-state index in [4.69, 9.17) is 0 Å². The number of carbonyl (C=O) groups is 1. The number of amides is 1. The Morgan fingerprint density at radius 1 is 1.37 bits per heavy atom. The second kappa shape index (κ2) is 10.6. The highest BCUT2D eigenvalue weighted by atomic mass is 35.5. The molecule has 0 unspecified atom stereocenters. The van der Waals surface area contributed by atoms with Crippen LogP contribution in [-0.4, -0.2) is 37.5 Å². The van der Waals surface area contributed by atoms with Crippen LogP contribution in [0.4, 0.5) is 0 Å². The minimum atomic E-state index is 0. The van der Waals surface area contributed by atoms with Crippen LogP contribution < -0.4 is 5.32 Å². The molecule has 0 radical (unpaired) electrons. The highest BCUT2D eigenvalue weighted by Gasteiger charge is 2.10. The van der Waals surface area contributed by atoms with Gasteiger partial charge in [-0.1, -0.05) is 36.4 Å². The van der Waals surface area contributed by atoms with E-state index in [0.717, 1.165) is 19.5 Å². The lowest BCUT2D eigenvalue weighted by Gasteiger charge is -2.21. The Bertz CT molecular complexity index is 368. The summed E-state index contributed by atoms with van der Waals surface area (Å²) in [4.78, 5) is 13.8. The molecule has 0 aliphatic carbocycles. The number of hydrogen-bond donors (Lipinski definition) is 1. The molecule has 19 heavy (non-hydrogen) atoms. The van der Waals surface area contributed by atoms with Gasteiger partial charge in [0.1, 0.15) is 0 Å². The van der Waals surface area contributed by atoms with E-state index in [1.54, 1.807) is 6.08 Å². The molecule has 0 saturated heterocycles. The molecule has 0 spiro atoms. The van der Waals surface area contributed by atoms with Gasteiger partial charge in [0.2, 0.25) is 5.91 Å². The van der Waals surface area contributed by atoms with Gasteiger partial charge >= 0.3 is 0 Å². The van der Waals surface area contributed by atoms with E-state index in [0.29, 0.717) is 13.0 Å². The Morgan fingerprint density at radius 3 is 2.63 bits per heavy atom. The molecule has 106 valence electrons. The van der Waals surface area contributed by atoms with E-state index in [2.05, 4.69) is 24.0 Å². The van der Waals surface area contributed by atoms with Crippen LogP contribution in [0.25, 0.3) is 0 Å². The lowest BCUT2D eigenvalue weighted by Crippen LogP contribution is -2.34. The van der Waals surface area contributed by atoms with Gasteiger partial charge in [-0.2, -0.15) is 0 Å². The molecule has 3 nitrogen and oxygen atoms in total. The average Bonchev–Trinajstić information content (AvgIpc) is 2.42.